The lowest BCUT2D eigenvalue weighted by molar-refractivity contribution is 0.284. The van der Waals surface area contributed by atoms with E-state index < -0.39 is 0 Å². The lowest BCUT2D eigenvalue weighted by Gasteiger charge is -2.29. The van der Waals surface area contributed by atoms with E-state index in [1.54, 1.807) is 5.57 Å². The van der Waals surface area contributed by atoms with Crippen molar-refractivity contribution in [2.75, 3.05) is 19.6 Å². The highest BCUT2D eigenvalue weighted by atomic mass is 35.5. The van der Waals surface area contributed by atoms with Crippen molar-refractivity contribution in [2.45, 2.75) is 12.8 Å². The van der Waals surface area contributed by atoms with Crippen molar-refractivity contribution in [1.82, 2.24) is 4.90 Å². The van der Waals surface area contributed by atoms with Crippen molar-refractivity contribution in [1.29, 1.82) is 0 Å². The third kappa shape index (κ3) is 4.47. The Bertz CT molecular complexity index is 1170. The highest BCUT2D eigenvalue weighted by Crippen LogP contribution is 2.38. The van der Waals surface area contributed by atoms with Crippen LogP contribution < -0.4 is 0 Å². The zero-order valence-electron chi connectivity index (χ0n) is 17.9. The van der Waals surface area contributed by atoms with Gasteiger partial charge in [-0.3, -0.25) is 4.90 Å². The van der Waals surface area contributed by atoms with Gasteiger partial charge < -0.3 is 0 Å². The van der Waals surface area contributed by atoms with Crippen LogP contribution in [0.4, 0.5) is 0 Å². The van der Waals surface area contributed by atoms with Gasteiger partial charge in [-0.2, -0.15) is 0 Å². The number of hydrogen-bond donors (Lipinski definition) is 0. The standard InChI is InChI=1S/C29H25Cl2N/c30-27-14-11-21(20-28(27)31)6-5-17-32-18-15-24(16-19-32)29-25-9-3-1-7-22(25)12-13-23-8-2-4-10-26(23)29/h1-14,20H,15-19H2/b6-5+. The molecular weight excluding hydrogens is 433 g/mol. The van der Waals surface area contributed by atoms with Gasteiger partial charge >= 0.3 is 0 Å². The van der Waals surface area contributed by atoms with Crippen molar-refractivity contribution in [3.05, 3.63) is 116 Å². The Kier molecular flexibility index (Phi) is 6.32. The van der Waals surface area contributed by atoms with E-state index in [1.165, 1.54) is 27.8 Å². The van der Waals surface area contributed by atoms with Gasteiger partial charge in [0, 0.05) is 19.6 Å². The predicted octanol–water partition coefficient (Wildman–Crippen LogP) is 8.09. The Morgan fingerprint density at radius 2 is 1.38 bits per heavy atom. The van der Waals surface area contributed by atoms with Gasteiger partial charge in [-0.25, -0.2) is 0 Å². The Morgan fingerprint density at radius 3 is 2.00 bits per heavy atom. The summed E-state index contributed by atoms with van der Waals surface area (Å²) in [7, 11) is 0. The predicted molar refractivity (Wildman–Crippen MR) is 139 cm³/mol. The largest absolute Gasteiger partial charge is 0.299 e. The quantitative estimate of drug-likeness (QED) is 0.300. The minimum absolute atomic E-state index is 0.595. The van der Waals surface area contributed by atoms with Gasteiger partial charge in [0.15, 0.2) is 0 Å². The number of rotatable bonds is 3. The molecule has 0 N–H and O–H groups in total. The van der Waals surface area contributed by atoms with Crippen LogP contribution >= 0.6 is 23.2 Å². The van der Waals surface area contributed by atoms with Crippen LogP contribution in [0, 0.1) is 0 Å². The summed E-state index contributed by atoms with van der Waals surface area (Å²) < 4.78 is 0. The summed E-state index contributed by atoms with van der Waals surface area (Å²) in [4.78, 5) is 2.52. The molecule has 0 unspecified atom stereocenters. The number of hydrogen-bond acceptors (Lipinski definition) is 1. The number of likely N-dealkylation sites (tertiary alicyclic amines) is 1. The molecule has 0 atom stereocenters. The van der Waals surface area contributed by atoms with Crippen molar-refractivity contribution in [3.8, 4) is 0 Å². The van der Waals surface area contributed by atoms with Gasteiger partial charge in [0.05, 0.1) is 10.0 Å². The van der Waals surface area contributed by atoms with E-state index in [2.05, 4.69) is 77.7 Å². The Hall–Kier alpha value is -2.58. The van der Waals surface area contributed by atoms with E-state index in [0.717, 1.165) is 38.0 Å². The van der Waals surface area contributed by atoms with Crippen LogP contribution in [-0.4, -0.2) is 24.5 Å². The molecule has 0 aromatic heterocycles. The Morgan fingerprint density at radius 1 is 0.750 bits per heavy atom. The fourth-order valence-corrected chi connectivity index (χ4v) is 4.96. The van der Waals surface area contributed by atoms with Gasteiger partial charge in [0.2, 0.25) is 0 Å². The van der Waals surface area contributed by atoms with Gasteiger partial charge in [-0.05, 0) is 58.4 Å². The average Bonchev–Trinajstić information content (AvgIpc) is 2.99. The minimum Gasteiger partial charge on any atom is -0.299 e. The molecule has 1 fully saturated rings. The molecule has 0 amide bonds. The van der Waals surface area contributed by atoms with Crippen LogP contribution in [-0.2, 0) is 0 Å². The van der Waals surface area contributed by atoms with E-state index in [9.17, 15) is 0 Å². The molecule has 3 heteroatoms. The van der Waals surface area contributed by atoms with Gasteiger partial charge in [0.25, 0.3) is 0 Å². The van der Waals surface area contributed by atoms with E-state index in [-0.39, 0.29) is 0 Å². The molecule has 1 aliphatic carbocycles. The van der Waals surface area contributed by atoms with E-state index >= 15 is 0 Å². The number of piperidine rings is 1. The molecular formula is C29H25Cl2N. The summed E-state index contributed by atoms with van der Waals surface area (Å²) in [6, 6.07) is 23.3. The molecule has 0 saturated carbocycles. The smallest absolute Gasteiger partial charge is 0.0598 e. The zero-order valence-corrected chi connectivity index (χ0v) is 19.4. The number of nitrogens with zero attached hydrogens (tertiary/aromatic N) is 1. The zero-order chi connectivity index (χ0) is 21.9. The first-order chi connectivity index (χ1) is 15.7. The second-order valence-corrected chi connectivity index (χ2v) is 9.18. The molecule has 160 valence electrons. The maximum atomic E-state index is 6.13. The number of benzene rings is 3. The third-order valence-corrected chi connectivity index (χ3v) is 7.07. The van der Waals surface area contributed by atoms with Crippen LogP contribution in [0.15, 0.2) is 78.4 Å². The summed E-state index contributed by atoms with van der Waals surface area (Å²) in [5, 5.41) is 1.19. The molecule has 5 rings (SSSR count). The van der Waals surface area contributed by atoms with E-state index in [1.807, 2.05) is 18.2 Å². The average molecular weight is 458 g/mol. The molecule has 0 bridgehead atoms. The maximum Gasteiger partial charge on any atom is 0.0598 e. The van der Waals surface area contributed by atoms with Crippen LogP contribution in [0.1, 0.15) is 40.7 Å². The summed E-state index contributed by atoms with van der Waals surface area (Å²) in [6.45, 7) is 3.09. The fraction of sp³-hybridized carbons (Fsp3) is 0.172. The first kappa shape index (κ1) is 21.3. The molecule has 1 aliphatic heterocycles. The lowest BCUT2D eigenvalue weighted by Crippen LogP contribution is -2.31. The maximum absolute atomic E-state index is 6.13. The first-order valence-corrected chi connectivity index (χ1v) is 11.9. The number of fused-ring (bicyclic) bond motifs is 2. The third-order valence-electron chi connectivity index (χ3n) is 6.33. The molecule has 1 saturated heterocycles. The summed E-state index contributed by atoms with van der Waals surface area (Å²) in [5.74, 6) is 0. The van der Waals surface area contributed by atoms with Crippen molar-refractivity contribution in [3.63, 3.8) is 0 Å². The molecule has 0 radical (unpaired) electrons. The van der Waals surface area contributed by atoms with Gasteiger partial charge in [-0.15, -0.1) is 0 Å². The Labute approximate surface area is 200 Å². The summed E-state index contributed by atoms with van der Waals surface area (Å²) in [6.07, 6.45) is 11.0. The monoisotopic (exact) mass is 457 g/mol. The minimum atomic E-state index is 0.595. The van der Waals surface area contributed by atoms with Crippen LogP contribution in [0.3, 0.4) is 0 Å². The van der Waals surface area contributed by atoms with Crippen molar-refractivity contribution < 1.29 is 0 Å². The SMILES string of the molecule is Clc1ccc(/C=C/CN2CCC(=C3c4ccccc4C=Cc4ccccc43)CC2)cc1Cl. The molecule has 32 heavy (non-hydrogen) atoms. The molecule has 1 heterocycles. The number of halogens is 2. The Balaban J connectivity index is 1.35. The van der Waals surface area contributed by atoms with Crippen LogP contribution in [0.25, 0.3) is 23.8 Å². The normalized spacial score (nSPS) is 16.2. The molecule has 3 aromatic rings. The van der Waals surface area contributed by atoms with Gasteiger partial charge in [0.1, 0.15) is 0 Å². The van der Waals surface area contributed by atoms with E-state index in [4.69, 9.17) is 23.2 Å². The van der Waals surface area contributed by atoms with Crippen LogP contribution in [0.5, 0.6) is 0 Å². The molecule has 3 aromatic carbocycles. The van der Waals surface area contributed by atoms with Crippen LogP contribution in [0.2, 0.25) is 10.0 Å². The van der Waals surface area contributed by atoms with Crippen molar-refractivity contribution in [2.24, 2.45) is 0 Å². The molecule has 1 nitrogen and oxygen atoms in total. The lowest BCUT2D eigenvalue weighted by atomic mass is 9.86. The highest BCUT2D eigenvalue weighted by Gasteiger charge is 2.22. The van der Waals surface area contributed by atoms with Gasteiger partial charge in [-0.1, -0.05) is 108 Å². The second kappa shape index (κ2) is 9.50. The summed E-state index contributed by atoms with van der Waals surface area (Å²) >= 11 is 12.1. The first-order valence-electron chi connectivity index (χ1n) is 11.1. The van der Waals surface area contributed by atoms with Crippen molar-refractivity contribution >= 4 is 47.0 Å². The highest BCUT2D eigenvalue weighted by molar-refractivity contribution is 6.42. The summed E-state index contributed by atoms with van der Waals surface area (Å²) in [5.41, 5.74) is 9.41. The second-order valence-electron chi connectivity index (χ2n) is 8.36. The fourth-order valence-electron chi connectivity index (χ4n) is 4.66. The molecule has 0 spiro atoms. The molecule has 2 aliphatic rings. The van der Waals surface area contributed by atoms with E-state index in [0.29, 0.717) is 10.0 Å². The topological polar surface area (TPSA) is 3.24 Å².